The molecule has 3 rings (SSSR count). The Morgan fingerprint density at radius 3 is 2.89 bits per heavy atom. The minimum Gasteiger partial charge on any atom is -0.304 e. The van der Waals surface area contributed by atoms with Gasteiger partial charge in [-0.2, -0.15) is 4.99 Å². The SMILES string of the molecule is C#CCn1c(=NC(=O)/C=C/c2cccc([N+](=O)[O-])c2)sc2cccc(C)c21. The number of hydrogen-bond acceptors (Lipinski definition) is 4. The zero-order chi connectivity index (χ0) is 19.4. The molecule has 0 spiro atoms. The van der Waals surface area contributed by atoms with Gasteiger partial charge in [-0.15, -0.1) is 6.42 Å². The third-order valence-corrected chi connectivity index (χ3v) is 4.90. The second-order valence-electron chi connectivity index (χ2n) is 5.73. The van der Waals surface area contributed by atoms with Crippen LogP contribution in [0.3, 0.4) is 0 Å². The predicted octanol–water partition coefficient (Wildman–Crippen LogP) is 3.69. The highest BCUT2D eigenvalue weighted by molar-refractivity contribution is 7.16. The standard InChI is InChI=1S/C20H15N3O3S/c1-3-12-22-19-14(2)6-4-9-17(19)27-20(22)21-18(24)11-10-15-7-5-8-16(13-15)23(25)26/h1,4-11,13H,12H2,2H3/b11-10+,21-20?. The number of carbonyl (C=O) groups is 1. The fourth-order valence-electron chi connectivity index (χ4n) is 2.67. The molecular formula is C20H15N3O3S. The molecule has 1 aromatic heterocycles. The third kappa shape index (κ3) is 4.02. The van der Waals surface area contributed by atoms with Crippen LogP contribution in [0.4, 0.5) is 5.69 Å². The molecule has 0 aliphatic carbocycles. The number of para-hydroxylation sites is 1. The van der Waals surface area contributed by atoms with Crippen LogP contribution < -0.4 is 4.80 Å². The fraction of sp³-hybridized carbons (Fsp3) is 0.100. The van der Waals surface area contributed by atoms with Crippen molar-refractivity contribution in [2.45, 2.75) is 13.5 Å². The maximum atomic E-state index is 12.3. The highest BCUT2D eigenvalue weighted by Gasteiger charge is 2.08. The molecule has 0 aliphatic rings. The van der Waals surface area contributed by atoms with E-state index in [2.05, 4.69) is 10.9 Å². The van der Waals surface area contributed by atoms with Gasteiger partial charge in [-0.25, -0.2) is 0 Å². The van der Waals surface area contributed by atoms with Crippen molar-refractivity contribution >= 4 is 39.2 Å². The van der Waals surface area contributed by atoms with E-state index in [0.717, 1.165) is 15.8 Å². The van der Waals surface area contributed by atoms with Crippen LogP contribution in [0.1, 0.15) is 11.1 Å². The molecule has 134 valence electrons. The van der Waals surface area contributed by atoms with Crippen molar-refractivity contribution in [3.8, 4) is 12.3 Å². The normalized spacial score (nSPS) is 11.8. The van der Waals surface area contributed by atoms with Gasteiger partial charge in [-0.1, -0.05) is 41.5 Å². The van der Waals surface area contributed by atoms with Crippen molar-refractivity contribution in [2.75, 3.05) is 0 Å². The summed E-state index contributed by atoms with van der Waals surface area (Å²) in [6, 6.07) is 11.9. The van der Waals surface area contributed by atoms with Gasteiger partial charge in [-0.3, -0.25) is 14.9 Å². The summed E-state index contributed by atoms with van der Waals surface area (Å²) in [4.78, 5) is 27.3. The number of nitro benzene ring substituents is 1. The van der Waals surface area contributed by atoms with Crippen LogP contribution in [0.15, 0.2) is 53.5 Å². The Bertz CT molecular complexity index is 1180. The largest absolute Gasteiger partial charge is 0.304 e. The minimum atomic E-state index is -0.480. The van der Waals surface area contributed by atoms with E-state index in [1.54, 1.807) is 12.1 Å². The number of non-ortho nitro benzene ring substituents is 1. The van der Waals surface area contributed by atoms with Gasteiger partial charge < -0.3 is 4.57 Å². The number of carbonyl (C=O) groups excluding carboxylic acids is 1. The Kier molecular flexibility index (Phi) is 5.29. The van der Waals surface area contributed by atoms with E-state index in [9.17, 15) is 14.9 Å². The van der Waals surface area contributed by atoms with Crippen LogP contribution in [0.5, 0.6) is 0 Å². The van der Waals surface area contributed by atoms with Crippen molar-refractivity contribution in [1.29, 1.82) is 0 Å². The van der Waals surface area contributed by atoms with Gasteiger partial charge in [0.2, 0.25) is 0 Å². The minimum absolute atomic E-state index is 0.0339. The van der Waals surface area contributed by atoms with Gasteiger partial charge in [0.05, 0.1) is 21.7 Å². The zero-order valence-electron chi connectivity index (χ0n) is 14.5. The molecule has 3 aromatic rings. The summed E-state index contributed by atoms with van der Waals surface area (Å²) < 4.78 is 2.84. The van der Waals surface area contributed by atoms with Crippen molar-refractivity contribution < 1.29 is 9.72 Å². The van der Waals surface area contributed by atoms with E-state index in [1.165, 1.54) is 35.6 Å². The first kappa shape index (κ1) is 18.3. The number of rotatable bonds is 4. The molecule has 27 heavy (non-hydrogen) atoms. The first-order valence-electron chi connectivity index (χ1n) is 8.03. The van der Waals surface area contributed by atoms with Crippen LogP contribution in [-0.2, 0) is 11.3 Å². The Balaban J connectivity index is 1.97. The first-order valence-corrected chi connectivity index (χ1v) is 8.85. The molecule has 0 radical (unpaired) electrons. The van der Waals surface area contributed by atoms with E-state index in [4.69, 9.17) is 6.42 Å². The molecule has 0 N–H and O–H groups in total. The number of fused-ring (bicyclic) bond motifs is 1. The number of benzene rings is 2. The number of aromatic nitrogens is 1. The molecule has 7 heteroatoms. The Labute approximate surface area is 159 Å². The Hall–Kier alpha value is -3.50. The highest BCUT2D eigenvalue weighted by atomic mass is 32.1. The second-order valence-corrected chi connectivity index (χ2v) is 6.74. The molecule has 0 unspecified atom stereocenters. The molecule has 0 saturated carbocycles. The quantitative estimate of drug-likeness (QED) is 0.301. The van der Waals surface area contributed by atoms with Gasteiger partial charge in [-0.05, 0) is 30.2 Å². The fourth-order valence-corrected chi connectivity index (χ4v) is 3.78. The maximum Gasteiger partial charge on any atom is 0.272 e. The van der Waals surface area contributed by atoms with Gasteiger partial charge in [0.15, 0.2) is 4.80 Å². The molecule has 0 aliphatic heterocycles. The summed E-state index contributed by atoms with van der Waals surface area (Å²) in [5.41, 5.74) is 2.54. The molecule has 0 atom stereocenters. The summed E-state index contributed by atoms with van der Waals surface area (Å²) >= 11 is 1.39. The molecule has 2 aromatic carbocycles. The van der Waals surface area contributed by atoms with E-state index in [0.29, 0.717) is 16.9 Å². The zero-order valence-corrected chi connectivity index (χ0v) is 15.3. The van der Waals surface area contributed by atoms with Gasteiger partial charge >= 0.3 is 0 Å². The van der Waals surface area contributed by atoms with Crippen LogP contribution in [0.25, 0.3) is 16.3 Å². The van der Waals surface area contributed by atoms with Crippen molar-refractivity contribution in [1.82, 2.24) is 4.57 Å². The van der Waals surface area contributed by atoms with E-state index in [-0.39, 0.29) is 5.69 Å². The summed E-state index contributed by atoms with van der Waals surface area (Å²) in [6.07, 6.45) is 8.26. The number of terminal acetylenes is 1. The molecule has 1 heterocycles. The van der Waals surface area contributed by atoms with Crippen LogP contribution in [-0.4, -0.2) is 15.4 Å². The van der Waals surface area contributed by atoms with Gasteiger partial charge in [0, 0.05) is 18.2 Å². The summed E-state index contributed by atoms with van der Waals surface area (Å²) in [5, 5.41) is 10.8. The van der Waals surface area contributed by atoms with E-state index >= 15 is 0 Å². The first-order chi connectivity index (χ1) is 13.0. The average Bonchev–Trinajstić information content (AvgIpc) is 2.99. The summed E-state index contributed by atoms with van der Waals surface area (Å²) in [7, 11) is 0. The van der Waals surface area contributed by atoms with Crippen LogP contribution in [0.2, 0.25) is 0 Å². The van der Waals surface area contributed by atoms with Crippen molar-refractivity contribution in [3.63, 3.8) is 0 Å². The van der Waals surface area contributed by atoms with E-state index in [1.807, 2.05) is 29.7 Å². The van der Waals surface area contributed by atoms with Crippen molar-refractivity contribution in [2.24, 2.45) is 4.99 Å². The highest BCUT2D eigenvalue weighted by Crippen LogP contribution is 2.20. The molecule has 0 bridgehead atoms. The average molecular weight is 377 g/mol. The lowest BCUT2D eigenvalue weighted by molar-refractivity contribution is -0.384. The lowest BCUT2D eigenvalue weighted by atomic mass is 10.2. The summed E-state index contributed by atoms with van der Waals surface area (Å²) in [6.45, 7) is 2.29. The number of amides is 1. The lowest BCUT2D eigenvalue weighted by Crippen LogP contribution is -2.16. The number of hydrogen-bond donors (Lipinski definition) is 0. The van der Waals surface area contributed by atoms with Crippen molar-refractivity contribution in [3.05, 3.63) is 74.6 Å². The van der Waals surface area contributed by atoms with Gasteiger partial charge in [0.25, 0.3) is 11.6 Å². The van der Waals surface area contributed by atoms with E-state index < -0.39 is 10.8 Å². The lowest BCUT2D eigenvalue weighted by Gasteiger charge is -2.02. The molecular weight excluding hydrogens is 362 g/mol. The maximum absolute atomic E-state index is 12.3. The number of nitro groups is 1. The smallest absolute Gasteiger partial charge is 0.272 e. The number of aryl methyl sites for hydroxylation is 1. The summed E-state index contributed by atoms with van der Waals surface area (Å²) in [5.74, 6) is 2.13. The van der Waals surface area contributed by atoms with Crippen LogP contribution in [0, 0.1) is 29.4 Å². The second kappa shape index (κ2) is 7.81. The topological polar surface area (TPSA) is 77.5 Å². The molecule has 0 fully saturated rings. The monoisotopic (exact) mass is 377 g/mol. The molecule has 0 saturated heterocycles. The number of thiazole rings is 1. The van der Waals surface area contributed by atoms with Crippen LogP contribution >= 0.6 is 11.3 Å². The number of nitrogens with zero attached hydrogens (tertiary/aromatic N) is 3. The van der Waals surface area contributed by atoms with Gasteiger partial charge in [0.1, 0.15) is 0 Å². The third-order valence-electron chi connectivity index (χ3n) is 3.86. The predicted molar refractivity (Wildman–Crippen MR) is 106 cm³/mol. The molecule has 6 nitrogen and oxygen atoms in total. The Morgan fingerprint density at radius 2 is 2.15 bits per heavy atom. The Morgan fingerprint density at radius 1 is 1.37 bits per heavy atom. The molecule has 1 amide bonds.